The molecule has 0 amide bonds. The molecule has 0 radical (unpaired) electrons. The van der Waals surface area contributed by atoms with E-state index in [9.17, 15) is 5.11 Å². The summed E-state index contributed by atoms with van der Waals surface area (Å²) in [4.78, 5) is 4.50. The van der Waals surface area contributed by atoms with Crippen LogP contribution in [0.5, 0.6) is 0 Å². The first-order chi connectivity index (χ1) is 14.2. The molecule has 3 nitrogen and oxygen atoms in total. The van der Waals surface area contributed by atoms with Crippen LogP contribution in [0.15, 0.2) is 79.5 Å². The molecule has 3 aliphatic heterocycles. The molecular formula is C26H29N2O+. The summed E-state index contributed by atoms with van der Waals surface area (Å²) < 4.78 is 0.953. The second kappa shape index (κ2) is 7.40. The van der Waals surface area contributed by atoms with Gasteiger partial charge in [0, 0.05) is 35.9 Å². The summed E-state index contributed by atoms with van der Waals surface area (Å²) >= 11 is 0. The molecule has 3 aromatic rings. The van der Waals surface area contributed by atoms with Crippen molar-refractivity contribution in [3.8, 4) is 0 Å². The first-order valence-corrected chi connectivity index (χ1v) is 10.7. The Kier molecular flexibility index (Phi) is 4.73. The lowest BCUT2D eigenvalue weighted by Crippen LogP contribution is -2.67. The number of para-hydroxylation sites is 1. The number of hydrogen-bond donors (Lipinski definition) is 1. The standard InChI is InChI=1S/C26H29N2O/c1-2-20-18-28(17-19-8-4-3-5-9-19)15-13-21(20)16-25(28)26(29)23-12-14-27-24-11-7-6-10-22(23)24/h2-12,14,20-21,25-26,29H,1,13,15-18H2/q+1/t20?,21-,25-,26+,28+/m0/s1. The van der Waals surface area contributed by atoms with E-state index in [4.69, 9.17) is 0 Å². The monoisotopic (exact) mass is 385 g/mol. The second-order valence-corrected chi connectivity index (χ2v) is 8.88. The third-order valence-corrected chi connectivity index (χ3v) is 7.38. The Labute approximate surface area is 172 Å². The zero-order chi connectivity index (χ0) is 19.8. The molecule has 1 aromatic heterocycles. The van der Waals surface area contributed by atoms with Crippen molar-refractivity contribution < 1.29 is 9.59 Å². The van der Waals surface area contributed by atoms with Crippen LogP contribution in [0, 0.1) is 11.8 Å². The van der Waals surface area contributed by atoms with E-state index in [2.05, 4.69) is 54.0 Å². The van der Waals surface area contributed by atoms with Crippen molar-refractivity contribution in [2.24, 2.45) is 11.8 Å². The normalized spacial score (nSPS) is 29.6. The highest BCUT2D eigenvalue weighted by Crippen LogP contribution is 2.47. The molecular weight excluding hydrogens is 356 g/mol. The molecule has 6 rings (SSSR count). The number of aromatic nitrogens is 1. The van der Waals surface area contributed by atoms with Crippen molar-refractivity contribution in [1.82, 2.24) is 4.98 Å². The summed E-state index contributed by atoms with van der Waals surface area (Å²) in [6.07, 6.45) is 5.79. The van der Waals surface area contributed by atoms with Crippen LogP contribution < -0.4 is 0 Å². The van der Waals surface area contributed by atoms with Crippen LogP contribution >= 0.6 is 0 Å². The molecule has 5 atom stereocenters. The van der Waals surface area contributed by atoms with Crippen molar-refractivity contribution in [1.29, 1.82) is 0 Å². The van der Waals surface area contributed by atoms with E-state index in [1.54, 1.807) is 0 Å². The third-order valence-electron chi connectivity index (χ3n) is 7.38. The highest BCUT2D eigenvalue weighted by molar-refractivity contribution is 5.82. The van der Waals surface area contributed by atoms with Crippen molar-refractivity contribution in [2.75, 3.05) is 13.1 Å². The first kappa shape index (κ1) is 18.5. The average Bonchev–Trinajstić information content (AvgIpc) is 2.78. The fraction of sp³-hybridized carbons (Fsp3) is 0.346. The Morgan fingerprint density at radius 3 is 2.72 bits per heavy atom. The number of quaternary nitrogens is 1. The molecule has 3 saturated heterocycles. The van der Waals surface area contributed by atoms with E-state index in [1.807, 2.05) is 30.5 Å². The predicted molar refractivity (Wildman–Crippen MR) is 117 cm³/mol. The quantitative estimate of drug-likeness (QED) is 0.502. The topological polar surface area (TPSA) is 33.1 Å². The van der Waals surface area contributed by atoms with Gasteiger partial charge in [0.05, 0.1) is 18.6 Å². The van der Waals surface area contributed by atoms with Gasteiger partial charge < -0.3 is 9.59 Å². The number of fused-ring (bicyclic) bond motifs is 4. The summed E-state index contributed by atoms with van der Waals surface area (Å²) in [5.41, 5.74) is 3.33. The zero-order valence-electron chi connectivity index (χ0n) is 16.8. The largest absolute Gasteiger partial charge is 0.382 e. The number of aliphatic hydroxyl groups excluding tert-OH is 1. The van der Waals surface area contributed by atoms with E-state index >= 15 is 0 Å². The lowest BCUT2D eigenvalue weighted by atomic mass is 9.71. The summed E-state index contributed by atoms with van der Waals surface area (Å²) in [5, 5.41) is 12.8. The lowest BCUT2D eigenvalue weighted by Gasteiger charge is -2.58. The van der Waals surface area contributed by atoms with Crippen LogP contribution in [0.25, 0.3) is 10.9 Å². The van der Waals surface area contributed by atoms with Crippen LogP contribution in [0.3, 0.4) is 0 Å². The van der Waals surface area contributed by atoms with E-state index in [-0.39, 0.29) is 6.04 Å². The van der Waals surface area contributed by atoms with Gasteiger partial charge in [0.15, 0.2) is 0 Å². The van der Waals surface area contributed by atoms with Gasteiger partial charge in [-0.1, -0.05) is 54.6 Å². The summed E-state index contributed by atoms with van der Waals surface area (Å²) in [6.45, 7) is 7.32. The minimum atomic E-state index is -0.486. The molecule has 4 heterocycles. The van der Waals surface area contributed by atoms with Crippen molar-refractivity contribution in [2.45, 2.75) is 31.5 Å². The summed E-state index contributed by atoms with van der Waals surface area (Å²) in [7, 11) is 0. The molecule has 3 fully saturated rings. The number of hydrogen-bond acceptors (Lipinski definition) is 2. The Morgan fingerprint density at radius 2 is 1.90 bits per heavy atom. The number of aliphatic hydroxyl groups is 1. The maximum Gasteiger partial charge on any atom is 0.131 e. The maximum absolute atomic E-state index is 11.7. The number of benzene rings is 2. The van der Waals surface area contributed by atoms with Crippen LogP contribution in [-0.4, -0.2) is 33.7 Å². The molecule has 148 valence electrons. The zero-order valence-corrected chi connectivity index (χ0v) is 16.8. The Bertz CT molecular complexity index is 1010. The molecule has 3 aliphatic rings. The van der Waals surface area contributed by atoms with Crippen molar-refractivity contribution in [3.63, 3.8) is 0 Å². The molecule has 2 bridgehead atoms. The molecule has 29 heavy (non-hydrogen) atoms. The number of rotatable bonds is 5. The minimum absolute atomic E-state index is 0.205. The summed E-state index contributed by atoms with van der Waals surface area (Å²) in [6, 6.07) is 21.2. The van der Waals surface area contributed by atoms with Gasteiger partial charge in [-0.2, -0.15) is 0 Å². The Balaban J connectivity index is 1.56. The number of piperidine rings is 3. The van der Waals surface area contributed by atoms with Gasteiger partial charge in [-0.05, 0) is 23.6 Å². The smallest absolute Gasteiger partial charge is 0.131 e. The lowest BCUT2D eigenvalue weighted by molar-refractivity contribution is -0.984. The molecule has 1 N–H and O–H groups in total. The minimum Gasteiger partial charge on any atom is -0.382 e. The molecule has 2 aromatic carbocycles. The van der Waals surface area contributed by atoms with E-state index in [1.165, 1.54) is 12.0 Å². The molecule has 0 spiro atoms. The molecule has 0 aliphatic carbocycles. The number of pyridine rings is 1. The fourth-order valence-electron chi connectivity index (χ4n) is 5.91. The number of nitrogens with zero attached hydrogens (tertiary/aromatic N) is 2. The van der Waals surface area contributed by atoms with Gasteiger partial charge in [-0.25, -0.2) is 0 Å². The van der Waals surface area contributed by atoms with Gasteiger partial charge in [0.1, 0.15) is 18.7 Å². The van der Waals surface area contributed by atoms with Gasteiger partial charge in [0.25, 0.3) is 0 Å². The van der Waals surface area contributed by atoms with E-state index in [0.29, 0.717) is 11.8 Å². The van der Waals surface area contributed by atoms with E-state index < -0.39 is 6.10 Å². The summed E-state index contributed by atoms with van der Waals surface area (Å²) in [5.74, 6) is 1.18. The Hall–Kier alpha value is -2.49. The highest BCUT2D eigenvalue weighted by Gasteiger charge is 2.53. The Morgan fingerprint density at radius 1 is 1.10 bits per heavy atom. The SMILES string of the molecule is C=CC1C[N@+]2(Cc3ccccc3)CC[C@H]1C[C@H]2[C@H](O)c1ccnc2ccccc12. The van der Waals surface area contributed by atoms with Crippen LogP contribution in [0.2, 0.25) is 0 Å². The first-order valence-electron chi connectivity index (χ1n) is 10.7. The molecule has 0 saturated carbocycles. The van der Waals surface area contributed by atoms with E-state index in [0.717, 1.165) is 47.0 Å². The highest BCUT2D eigenvalue weighted by atomic mass is 16.3. The van der Waals surface area contributed by atoms with Crippen molar-refractivity contribution >= 4 is 10.9 Å². The van der Waals surface area contributed by atoms with Crippen LogP contribution in [0.1, 0.15) is 30.1 Å². The van der Waals surface area contributed by atoms with Gasteiger partial charge in [-0.15, -0.1) is 6.58 Å². The van der Waals surface area contributed by atoms with Crippen LogP contribution in [0.4, 0.5) is 0 Å². The molecule has 1 unspecified atom stereocenters. The second-order valence-electron chi connectivity index (χ2n) is 8.88. The van der Waals surface area contributed by atoms with Crippen molar-refractivity contribution in [3.05, 3.63) is 90.6 Å². The predicted octanol–water partition coefficient (Wildman–Crippen LogP) is 4.88. The van der Waals surface area contributed by atoms with Gasteiger partial charge in [0.2, 0.25) is 0 Å². The maximum atomic E-state index is 11.7. The van der Waals surface area contributed by atoms with Crippen LogP contribution in [-0.2, 0) is 6.54 Å². The van der Waals surface area contributed by atoms with Gasteiger partial charge >= 0.3 is 0 Å². The average molecular weight is 386 g/mol. The van der Waals surface area contributed by atoms with Gasteiger partial charge in [-0.3, -0.25) is 4.98 Å². The third kappa shape index (κ3) is 3.19. The fourth-order valence-corrected chi connectivity index (χ4v) is 5.91. The molecule has 3 heteroatoms.